The van der Waals surface area contributed by atoms with Crippen LogP contribution in [-0.2, 0) is 9.59 Å². The van der Waals surface area contributed by atoms with E-state index in [1.54, 1.807) is 18.1 Å². The molecule has 3 heterocycles. The Hall–Kier alpha value is -1.56. The highest BCUT2D eigenvalue weighted by Gasteiger charge is 2.34. The molecule has 112 valence electrons. The Morgan fingerprint density at radius 3 is 2.90 bits per heavy atom. The van der Waals surface area contributed by atoms with Gasteiger partial charge < -0.3 is 9.80 Å². The number of carbonyl (C=O) groups is 2. The highest BCUT2D eigenvalue weighted by Crippen LogP contribution is 2.38. The van der Waals surface area contributed by atoms with E-state index in [9.17, 15) is 9.59 Å². The number of amides is 2. The topological polar surface area (TPSA) is 53.5 Å². The third-order valence-corrected chi connectivity index (χ3v) is 5.23. The van der Waals surface area contributed by atoms with Crippen molar-refractivity contribution in [2.24, 2.45) is 0 Å². The summed E-state index contributed by atoms with van der Waals surface area (Å²) < 4.78 is 0. The second kappa shape index (κ2) is 6.05. The lowest BCUT2D eigenvalue weighted by atomic mass is 10.1. The van der Waals surface area contributed by atoms with E-state index in [1.165, 1.54) is 18.2 Å². The van der Waals surface area contributed by atoms with Gasteiger partial charge in [-0.1, -0.05) is 11.8 Å². The number of pyridine rings is 1. The first kappa shape index (κ1) is 14.4. The van der Waals surface area contributed by atoms with Crippen molar-refractivity contribution in [2.45, 2.75) is 36.0 Å². The normalized spacial score (nSPS) is 22.1. The second-order valence-electron chi connectivity index (χ2n) is 5.48. The number of aromatic nitrogens is 1. The number of fused-ring (bicyclic) bond motifs is 1. The Morgan fingerprint density at radius 1 is 1.38 bits per heavy atom. The van der Waals surface area contributed by atoms with Crippen molar-refractivity contribution in [1.82, 2.24) is 9.88 Å². The Morgan fingerprint density at radius 2 is 2.14 bits per heavy atom. The molecule has 0 radical (unpaired) electrons. The van der Waals surface area contributed by atoms with E-state index in [0.29, 0.717) is 0 Å². The summed E-state index contributed by atoms with van der Waals surface area (Å²) >= 11 is 1.41. The minimum absolute atomic E-state index is 0.00846. The van der Waals surface area contributed by atoms with Crippen molar-refractivity contribution in [3.8, 4) is 0 Å². The van der Waals surface area contributed by atoms with Crippen molar-refractivity contribution in [1.29, 1.82) is 0 Å². The van der Waals surface area contributed by atoms with Gasteiger partial charge in [-0.3, -0.25) is 9.59 Å². The fourth-order valence-electron chi connectivity index (χ4n) is 2.81. The lowest BCUT2D eigenvalue weighted by Crippen LogP contribution is -2.43. The van der Waals surface area contributed by atoms with E-state index in [-0.39, 0.29) is 23.5 Å². The van der Waals surface area contributed by atoms with Crippen molar-refractivity contribution in [3.05, 3.63) is 18.3 Å². The molecule has 1 atom stereocenters. The molecule has 1 aromatic heterocycles. The molecule has 2 amide bonds. The first-order valence-corrected chi connectivity index (χ1v) is 8.22. The average Bonchev–Trinajstić information content (AvgIpc) is 2.53. The summed E-state index contributed by atoms with van der Waals surface area (Å²) in [6.45, 7) is 1.66. The molecule has 0 aliphatic carbocycles. The third-order valence-electron chi connectivity index (χ3n) is 4.04. The minimum atomic E-state index is -0.355. The van der Waals surface area contributed by atoms with Crippen LogP contribution in [0.15, 0.2) is 23.4 Å². The van der Waals surface area contributed by atoms with Gasteiger partial charge in [-0.15, -0.1) is 0 Å². The van der Waals surface area contributed by atoms with Gasteiger partial charge in [0.25, 0.3) is 0 Å². The fraction of sp³-hybridized carbons (Fsp3) is 0.533. The highest BCUT2D eigenvalue weighted by atomic mass is 32.2. The molecule has 2 aliphatic rings. The number of thioether (sulfide) groups is 1. The summed E-state index contributed by atoms with van der Waals surface area (Å²) in [5, 5.41) is 0.475. The number of anilines is 1. The summed E-state index contributed by atoms with van der Waals surface area (Å²) in [6, 6.07) is 3.71. The van der Waals surface area contributed by atoms with Gasteiger partial charge in [-0.25, -0.2) is 4.98 Å². The van der Waals surface area contributed by atoms with Gasteiger partial charge in [0.05, 0.1) is 10.9 Å². The lowest BCUT2D eigenvalue weighted by molar-refractivity contribution is -0.133. The zero-order valence-electron chi connectivity index (χ0n) is 12.1. The number of hydrogen-bond acceptors (Lipinski definition) is 4. The van der Waals surface area contributed by atoms with Crippen LogP contribution in [0.5, 0.6) is 0 Å². The van der Waals surface area contributed by atoms with E-state index in [4.69, 9.17) is 0 Å². The molecule has 0 aromatic carbocycles. The van der Waals surface area contributed by atoms with E-state index in [0.717, 1.165) is 36.6 Å². The molecule has 1 aromatic rings. The van der Waals surface area contributed by atoms with Crippen molar-refractivity contribution < 1.29 is 9.59 Å². The number of carbonyl (C=O) groups excluding carboxylic acids is 2. The Labute approximate surface area is 128 Å². The monoisotopic (exact) mass is 305 g/mol. The molecule has 6 heteroatoms. The molecule has 5 nitrogen and oxygen atoms in total. The van der Waals surface area contributed by atoms with Crippen LogP contribution < -0.4 is 4.90 Å². The molecule has 2 aliphatic heterocycles. The first-order valence-electron chi connectivity index (χ1n) is 7.34. The van der Waals surface area contributed by atoms with Crippen molar-refractivity contribution in [3.63, 3.8) is 0 Å². The Bertz CT molecular complexity index is 558. The number of likely N-dealkylation sites (tertiary alicyclic amines) is 1. The zero-order valence-corrected chi connectivity index (χ0v) is 12.9. The fourth-order valence-corrected chi connectivity index (χ4v) is 4.01. The summed E-state index contributed by atoms with van der Waals surface area (Å²) in [7, 11) is 1.75. The van der Waals surface area contributed by atoms with Crippen molar-refractivity contribution in [2.75, 3.05) is 25.0 Å². The maximum atomic E-state index is 12.4. The predicted molar refractivity (Wildman–Crippen MR) is 82.3 cm³/mol. The maximum absolute atomic E-state index is 12.4. The van der Waals surface area contributed by atoms with E-state index in [2.05, 4.69) is 4.98 Å². The standard InChI is InChI=1S/C15H19N3O2S/c1-17-11-6-5-7-16-14(11)21-12(15(17)20)10-13(19)18-8-3-2-4-9-18/h5-7,12H,2-4,8-10H2,1H3/t12-/m0/s1. The van der Waals surface area contributed by atoms with Gasteiger partial charge in [-0.2, -0.15) is 0 Å². The van der Waals surface area contributed by atoms with Crippen LogP contribution in [0.1, 0.15) is 25.7 Å². The third kappa shape index (κ3) is 2.90. The van der Waals surface area contributed by atoms with Crippen molar-refractivity contribution >= 4 is 29.3 Å². The van der Waals surface area contributed by atoms with Gasteiger partial charge in [0.15, 0.2) is 0 Å². The van der Waals surface area contributed by atoms with E-state index < -0.39 is 0 Å². The van der Waals surface area contributed by atoms with Gasteiger partial charge in [-0.05, 0) is 31.4 Å². The molecule has 0 bridgehead atoms. The molecule has 0 unspecified atom stereocenters. The number of nitrogens with zero attached hydrogens (tertiary/aromatic N) is 3. The zero-order chi connectivity index (χ0) is 14.8. The lowest BCUT2D eigenvalue weighted by Gasteiger charge is -2.32. The van der Waals surface area contributed by atoms with Gasteiger partial charge in [0.2, 0.25) is 11.8 Å². The minimum Gasteiger partial charge on any atom is -0.343 e. The highest BCUT2D eigenvalue weighted by molar-refractivity contribution is 8.00. The first-order chi connectivity index (χ1) is 10.2. The van der Waals surface area contributed by atoms with Crippen LogP contribution in [0.3, 0.4) is 0 Å². The molecule has 0 spiro atoms. The second-order valence-corrected chi connectivity index (χ2v) is 6.67. The Balaban J connectivity index is 1.71. The molecule has 0 saturated carbocycles. The SMILES string of the molecule is CN1C(=O)[C@H](CC(=O)N2CCCCC2)Sc2ncccc21. The van der Waals surface area contributed by atoms with Crippen LogP contribution in [-0.4, -0.2) is 47.1 Å². The van der Waals surface area contributed by atoms with Gasteiger partial charge >= 0.3 is 0 Å². The van der Waals surface area contributed by atoms with Gasteiger partial charge in [0.1, 0.15) is 5.03 Å². The van der Waals surface area contributed by atoms with Gasteiger partial charge in [0, 0.05) is 32.8 Å². The molecule has 1 saturated heterocycles. The van der Waals surface area contributed by atoms with Crippen LogP contribution in [0.2, 0.25) is 0 Å². The average molecular weight is 305 g/mol. The largest absolute Gasteiger partial charge is 0.343 e. The van der Waals surface area contributed by atoms with E-state index in [1.807, 2.05) is 17.0 Å². The molecular weight excluding hydrogens is 286 g/mol. The van der Waals surface area contributed by atoms with Crippen LogP contribution in [0.4, 0.5) is 5.69 Å². The quantitative estimate of drug-likeness (QED) is 0.838. The molecule has 21 heavy (non-hydrogen) atoms. The molecular formula is C15H19N3O2S. The Kier molecular flexibility index (Phi) is 4.14. The van der Waals surface area contributed by atoms with Crippen LogP contribution in [0.25, 0.3) is 0 Å². The maximum Gasteiger partial charge on any atom is 0.240 e. The van der Waals surface area contributed by atoms with E-state index >= 15 is 0 Å². The smallest absolute Gasteiger partial charge is 0.240 e. The molecule has 3 rings (SSSR count). The summed E-state index contributed by atoms with van der Waals surface area (Å²) in [6.07, 6.45) is 5.33. The number of hydrogen-bond donors (Lipinski definition) is 0. The molecule has 0 N–H and O–H groups in total. The summed E-state index contributed by atoms with van der Waals surface area (Å²) in [4.78, 5) is 32.6. The van der Waals surface area contributed by atoms with Crippen LogP contribution in [0, 0.1) is 0 Å². The summed E-state index contributed by atoms with van der Waals surface area (Å²) in [5.41, 5.74) is 0.828. The molecule has 1 fully saturated rings. The predicted octanol–water partition coefficient (Wildman–Crippen LogP) is 1.92. The van der Waals surface area contributed by atoms with Crippen LogP contribution >= 0.6 is 11.8 Å². The number of rotatable bonds is 2. The summed E-state index contributed by atoms with van der Waals surface area (Å²) in [5.74, 6) is 0.0826. The number of piperidine rings is 1.